The molecule has 0 heterocycles. The lowest BCUT2D eigenvalue weighted by Gasteiger charge is -2.32. The molecule has 0 aromatic carbocycles. The Kier molecular flexibility index (Phi) is 1.56. The summed E-state index contributed by atoms with van der Waals surface area (Å²) in [5, 5.41) is 0. The van der Waals surface area contributed by atoms with Crippen LogP contribution in [0.5, 0.6) is 0 Å². The highest BCUT2D eigenvalue weighted by Gasteiger charge is 2.64. The molecule has 0 aromatic heterocycles. The van der Waals surface area contributed by atoms with Gasteiger partial charge in [0, 0.05) is 16.7 Å². The van der Waals surface area contributed by atoms with Crippen molar-refractivity contribution in [1.29, 1.82) is 0 Å². The minimum atomic E-state index is -0.0498. The first-order chi connectivity index (χ1) is 5.39. The van der Waals surface area contributed by atoms with Crippen LogP contribution in [0.15, 0.2) is 0 Å². The van der Waals surface area contributed by atoms with Gasteiger partial charge in [-0.25, -0.2) is 0 Å². The standard InChI is InChI=1S/C10H15BrO/c1-9(2)6-4-8(12)10(9,3)5-7(6)11/h6-7H,4-5H2,1-3H3. The van der Waals surface area contributed by atoms with Gasteiger partial charge in [-0.05, 0) is 17.8 Å². The Hall–Kier alpha value is 0.150. The molecule has 2 heteroatoms. The largest absolute Gasteiger partial charge is 0.299 e. The van der Waals surface area contributed by atoms with Crippen LogP contribution in [-0.2, 0) is 4.79 Å². The lowest BCUT2D eigenvalue weighted by Crippen LogP contribution is -2.32. The quantitative estimate of drug-likeness (QED) is 0.586. The summed E-state index contributed by atoms with van der Waals surface area (Å²) in [5.41, 5.74) is 0.157. The molecule has 0 spiro atoms. The highest BCUT2D eigenvalue weighted by atomic mass is 79.9. The van der Waals surface area contributed by atoms with E-state index in [1.807, 2.05) is 0 Å². The molecule has 2 aliphatic carbocycles. The molecule has 2 aliphatic rings. The van der Waals surface area contributed by atoms with E-state index in [1.165, 1.54) is 0 Å². The summed E-state index contributed by atoms with van der Waals surface area (Å²) in [6.45, 7) is 6.62. The molecule has 0 N–H and O–H groups in total. The second kappa shape index (κ2) is 2.14. The molecule has 0 aliphatic heterocycles. The molecule has 2 rings (SSSR count). The van der Waals surface area contributed by atoms with E-state index in [9.17, 15) is 4.79 Å². The highest BCUT2D eigenvalue weighted by molar-refractivity contribution is 9.09. The van der Waals surface area contributed by atoms with Gasteiger partial charge < -0.3 is 0 Å². The zero-order valence-corrected chi connectivity index (χ0v) is 9.44. The maximum Gasteiger partial charge on any atom is 0.139 e. The zero-order chi connectivity index (χ0) is 9.15. The van der Waals surface area contributed by atoms with Crippen molar-refractivity contribution in [3.63, 3.8) is 0 Å². The number of rotatable bonds is 0. The minimum absolute atomic E-state index is 0.0498. The zero-order valence-electron chi connectivity index (χ0n) is 7.86. The summed E-state index contributed by atoms with van der Waals surface area (Å²) in [7, 11) is 0. The Balaban J connectivity index is 2.47. The summed E-state index contributed by atoms with van der Waals surface area (Å²) in [6.07, 6.45) is 1.82. The van der Waals surface area contributed by atoms with Gasteiger partial charge in [-0.1, -0.05) is 36.7 Å². The predicted molar refractivity (Wildman–Crippen MR) is 52.3 cm³/mol. The van der Waals surface area contributed by atoms with E-state index in [1.54, 1.807) is 0 Å². The van der Waals surface area contributed by atoms with Crippen LogP contribution in [0.3, 0.4) is 0 Å². The van der Waals surface area contributed by atoms with E-state index in [0.717, 1.165) is 12.8 Å². The third kappa shape index (κ3) is 0.729. The van der Waals surface area contributed by atoms with Crippen LogP contribution in [0.2, 0.25) is 0 Å². The number of hydrogen-bond donors (Lipinski definition) is 0. The fourth-order valence-corrected chi connectivity index (χ4v) is 4.43. The van der Waals surface area contributed by atoms with Gasteiger partial charge in [0.2, 0.25) is 0 Å². The lowest BCUT2D eigenvalue weighted by molar-refractivity contribution is -0.128. The third-order valence-corrected chi connectivity index (χ3v) is 5.37. The van der Waals surface area contributed by atoms with Crippen molar-refractivity contribution in [3.05, 3.63) is 0 Å². The predicted octanol–water partition coefficient (Wildman–Crippen LogP) is 2.78. The SMILES string of the molecule is CC12CC(Br)C(CC1=O)C2(C)C. The number of carbonyl (C=O) groups excluding carboxylic acids is 1. The molecular formula is C10H15BrO. The van der Waals surface area contributed by atoms with Gasteiger partial charge >= 0.3 is 0 Å². The van der Waals surface area contributed by atoms with Crippen molar-refractivity contribution in [3.8, 4) is 0 Å². The maximum atomic E-state index is 11.7. The van der Waals surface area contributed by atoms with Crippen LogP contribution >= 0.6 is 15.9 Å². The Morgan fingerprint density at radius 1 is 1.42 bits per heavy atom. The van der Waals surface area contributed by atoms with Gasteiger partial charge in [0.15, 0.2) is 0 Å². The monoisotopic (exact) mass is 230 g/mol. The molecule has 3 unspecified atom stereocenters. The van der Waals surface area contributed by atoms with Gasteiger partial charge in [0.1, 0.15) is 5.78 Å². The normalized spacial score (nSPS) is 50.2. The van der Waals surface area contributed by atoms with Gasteiger partial charge in [-0.2, -0.15) is 0 Å². The Labute approximate surface area is 82.0 Å². The number of hydrogen-bond acceptors (Lipinski definition) is 1. The summed E-state index contributed by atoms with van der Waals surface area (Å²) in [5.74, 6) is 1.04. The maximum absolute atomic E-state index is 11.7. The minimum Gasteiger partial charge on any atom is -0.299 e. The second-order valence-electron chi connectivity index (χ2n) is 5.01. The molecule has 2 fully saturated rings. The molecule has 3 atom stereocenters. The number of alkyl halides is 1. The van der Waals surface area contributed by atoms with E-state index in [2.05, 4.69) is 36.7 Å². The molecule has 0 amide bonds. The molecule has 0 aromatic rings. The average Bonchev–Trinajstić information content (AvgIpc) is 2.18. The van der Waals surface area contributed by atoms with Crippen LogP contribution in [0.4, 0.5) is 0 Å². The van der Waals surface area contributed by atoms with Crippen molar-refractivity contribution in [1.82, 2.24) is 0 Å². The number of carbonyl (C=O) groups is 1. The molecule has 12 heavy (non-hydrogen) atoms. The van der Waals surface area contributed by atoms with Gasteiger partial charge in [-0.3, -0.25) is 4.79 Å². The van der Waals surface area contributed by atoms with Crippen molar-refractivity contribution >= 4 is 21.7 Å². The number of ketones is 1. The topological polar surface area (TPSA) is 17.1 Å². The fraction of sp³-hybridized carbons (Fsp3) is 0.900. The van der Waals surface area contributed by atoms with Crippen LogP contribution in [-0.4, -0.2) is 10.6 Å². The Morgan fingerprint density at radius 3 is 2.25 bits per heavy atom. The van der Waals surface area contributed by atoms with Crippen molar-refractivity contribution < 1.29 is 4.79 Å². The third-order valence-electron chi connectivity index (χ3n) is 4.41. The van der Waals surface area contributed by atoms with Gasteiger partial charge in [0.05, 0.1) is 0 Å². The molecule has 68 valence electrons. The van der Waals surface area contributed by atoms with E-state index < -0.39 is 0 Å². The average molecular weight is 231 g/mol. The summed E-state index contributed by atoms with van der Waals surface area (Å²) in [4.78, 5) is 12.3. The fourth-order valence-electron chi connectivity index (χ4n) is 2.94. The summed E-state index contributed by atoms with van der Waals surface area (Å²) in [6, 6.07) is 0. The van der Waals surface area contributed by atoms with Crippen LogP contribution in [0.25, 0.3) is 0 Å². The smallest absolute Gasteiger partial charge is 0.139 e. The molecular weight excluding hydrogens is 216 g/mol. The first kappa shape index (κ1) is 8.74. The van der Waals surface area contributed by atoms with E-state index in [-0.39, 0.29) is 10.8 Å². The number of Topliss-reactive ketones (excluding diaryl/α,β-unsaturated/α-hetero) is 1. The Morgan fingerprint density at radius 2 is 2.00 bits per heavy atom. The van der Waals surface area contributed by atoms with E-state index >= 15 is 0 Å². The van der Waals surface area contributed by atoms with Crippen LogP contribution in [0.1, 0.15) is 33.6 Å². The van der Waals surface area contributed by atoms with E-state index in [0.29, 0.717) is 16.5 Å². The lowest BCUT2D eigenvalue weighted by atomic mass is 9.70. The second-order valence-corrected chi connectivity index (χ2v) is 6.18. The number of fused-ring (bicyclic) bond motifs is 2. The highest BCUT2D eigenvalue weighted by Crippen LogP contribution is 2.65. The van der Waals surface area contributed by atoms with Crippen molar-refractivity contribution in [2.24, 2.45) is 16.7 Å². The molecule has 2 bridgehead atoms. The number of halogens is 1. The Bertz CT molecular complexity index is 246. The first-order valence-electron chi connectivity index (χ1n) is 4.57. The van der Waals surface area contributed by atoms with Crippen LogP contribution < -0.4 is 0 Å². The van der Waals surface area contributed by atoms with Gasteiger partial charge in [0.25, 0.3) is 0 Å². The van der Waals surface area contributed by atoms with Crippen molar-refractivity contribution in [2.45, 2.75) is 38.4 Å². The summed E-state index contributed by atoms with van der Waals surface area (Å²) < 4.78 is 0. The van der Waals surface area contributed by atoms with E-state index in [4.69, 9.17) is 0 Å². The molecule has 1 nitrogen and oxygen atoms in total. The summed E-state index contributed by atoms with van der Waals surface area (Å²) >= 11 is 3.68. The van der Waals surface area contributed by atoms with Crippen LogP contribution in [0, 0.1) is 16.7 Å². The molecule has 0 radical (unpaired) electrons. The molecule has 0 saturated heterocycles. The molecule has 2 saturated carbocycles. The first-order valence-corrected chi connectivity index (χ1v) is 5.48. The van der Waals surface area contributed by atoms with Crippen molar-refractivity contribution in [2.75, 3.05) is 0 Å². The van der Waals surface area contributed by atoms with Gasteiger partial charge in [-0.15, -0.1) is 0 Å².